The van der Waals surface area contributed by atoms with Crippen molar-refractivity contribution in [3.8, 4) is 11.5 Å². The maximum Gasteiger partial charge on any atom is 0.290 e. The number of carboxylic acid groups (broad SMARTS) is 1. The van der Waals surface area contributed by atoms with Gasteiger partial charge in [0.05, 0.1) is 5.69 Å². The molecule has 0 amide bonds. The van der Waals surface area contributed by atoms with Crippen molar-refractivity contribution in [1.29, 1.82) is 0 Å². The van der Waals surface area contributed by atoms with Crippen LogP contribution in [0, 0.1) is 13.8 Å². The van der Waals surface area contributed by atoms with E-state index in [1.807, 2.05) is 42.0 Å². The van der Waals surface area contributed by atoms with Crippen LogP contribution >= 0.6 is 0 Å². The Kier molecular flexibility index (Phi) is 5.60. The molecule has 27 heavy (non-hydrogen) atoms. The Bertz CT molecular complexity index is 1010. The summed E-state index contributed by atoms with van der Waals surface area (Å²) >= 11 is 0. The van der Waals surface area contributed by atoms with Gasteiger partial charge in [-0.05, 0) is 44.4 Å². The monoisotopic (exact) mass is 367 g/mol. The summed E-state index contributed by atoms with van der Waals surface area (Å²) in [6.45, 7) is 4.76. The van der Waals surface area contributed by atoms with Gasteiger partial charge in [-0.1, -0.05) is 6.07 Å². The molecule has 4 aromatic heterocycles. The summed E-state index contributed by atoms with van der Waals surface area (Å²) < 4.78 is 3.99. The zero-order valence-corrected chi connectivity index (χ0v) is 15.2. The first-order valence-electron chi connectivity index (χ1n) is 8.54. The van der Waals surface area contributed by atoms with E-state index in [9.17, 15) is 0 Å². The van der Waals surface area contributed by atoms with Crippen molar-refractivity contribution in [1.82, 2.24) is 34.3 Å². The van der Waals surface area contributed by atoms with Gasteiger partial charge in [-0.3, -0.25) is 9.89 Å². The highest BCUT2D eigenvalue weighted by molar-refractivity contribution is 5.56. The highest BCUT2D eigenvalue weighted by Crippen LogP contribution is 2.19. The topological polar surface area (TPSA) is 114 Å². The lowest BCUT2D eigenvalue weighted by Crippen LogP contribution is -2.05. The van der Waals surface area contributed by atoms with Crippen LogP contribution in [0.1, 0.15) is 23.4 Å². The van der Waals surface area contributed by atoms with Crippen LogP contribution in [-0.4, -0.2) is 45.9 Å². The number of aryl methyl sites for hydroxylation is 3. The first-order chi connectivity index (χ1) is 13.2. The number of imidazole rings is 1. The van der Waals surface area contributed by atoms with Gasteiger partial charge in [-0.15, -0.1) is 0 Å². The summed E-state index contributed by atoms with van der Waals surface area (Å²) in [7, 11) is 0. The Morgan fingerprint density at radius 3 is 2.81 bits per heavy atom. The summed E-state index contributed by atoms with van der Waals surface area (Å²) in [6, 6.07) is 5.94. The van der Waals surface area contributed by atoms with Gasteiger partial charge in [0.1, 0.15) is 12.0 Å². The Labute approximate surface area is 155 Å². The highest BCUT2D eigenvalue weighted by Gasteiger charge is 2.11. The van der Waals surface area contributed by atoms with Gasteiger partial charge in [0, 0.05) is 24.6 Å². The molecule has 0 aliphatic rings. The molecule has 0 aliphatic carbocycles. The van der Waals surface area contributed by atoms with Crippen molar-refractivity contribution >= 4 is 12.1 Å². The number of pyridine rings is 1. The molecule has 9 heteroatoms. The molecule has 4 aromatic rings. The summed E-state index contributed by atoms with van der Waals surface area (Å²) in [5, 5.41) is 18.5. The summed E-state index contributed by atoms with van der Waals surface area (Å²) in [5.41, 5.74) is 5.34. The van der Waals surface area contributed by atoms with Crippen LogP contribution < -0.4 is 0 Å². The van der Waals surface area contributed by atoms with Crippen LogP contribution in [0.25, 0.3) is 17.2 Å². The third-order valence-electron chi connectivity index (χ3n) is 4.35. The lowest BCUT2D eigenvalue weighted by molar-refractivity contribution is -0.122. The average Bonchev–Trinajstić information content (AvgIpc) is 3.38. The number of rotatable bonds is 5. The van der Waals surface area contributed by atoms with Crippen LogP contribution in [0.15, 0.2) is 36.9 Å². The fourth-order valence-corrected chi connectivity index (χ4v) is 3.11. The molecule has 0 spiro atoms. The van der Waals surface area contributed by atoms with E-state index in [0.29, 0.717) is 0 Å². The Hall–Kier alpha value is -3.49. The summed E-state index contributed by atoms with van der Waals surface area (Å²) in [6.07, 6.45) is 7.44. The minimum Gasteiger partial charge on any atom is -0.483 e. The third-order valence-corrected chi connectivity index (χ3v) is 4.35. The van der Waals surface area contributed by atoms with Crippen LogP contribution in [0.3, 0.4) is 0 Å². The van der Waals surface area contributed by atoms with Gasteiger partial charge < -0.3 is 9.67 Å². The number of carbonyl (C=O) groups is 1. The minimum atomic E-state index is -0.250. The smallest absolute Gasteiger partial charge is 0.290 e. The van der Waals surface area contributed by atoms with E-state index < -0.39 is 0 Å². The fourth-order valence-electron chi connectivity index (χ4n) is 3.11. The normalized spacial score (nSPS) is 10.6. The Morgan fingerprint density at radius 2 is 2.07 bits per heavy atom. The summed E-state index contributed by atoms with van der Waals surface area (Å²) in [4.78, 5) is 17.1. The number of H-pyrrole nitrogens is 1. The molecule has 0 aromatic carbocycles. The zero-order chi connectivity index (χ0) is 19.2. The largest absolute Gasteiger partial charge is 0.483 e. The molecule has 140 valence electrons. The van der Waals surface area contributed by atoms with E-state index in [4.69, 9.17) is 9.90 Å². The van der Waals surface area contributed by atoms with Crippen LogP contribution in [0.4, 0.5) is 0 Å². The van der Waals surface area contributed by atoms with Crippen molar-refractivity contribution in [3.63, 3.8) is 0 Å². The second-order valence-electron chi connectivity index (χ2n) is 6.01. The molecule has 0 unspecified atom stereocenters. The van der Waals surface area contributed by atoms with Crippen molar-refractivity contribution in [2.45, 2.75) is 33.2 Å². The molecule has 0 radical (unpaired) electrons. The molecule has 0 fully saturated rings. The van der Waals surface area contributed by atoms with Gasteiger partial charge in [-0.25, -0.2) is 14.5 Å². The Morgan fingerprint density at radius 1 is 1.26 bits per heavy atom. The van der Waals surface area contributed by atoms with Gasteiger partial charge in [-0.2, -0.15) is 10.2 Å². The number of hydrogen-bond acceptors (Lipinski definition) is 5. The quantitative estimate of drug-likeness (QED) is 0.523. The van der Waals surface area contributed by atoms with Crippen molar-refractivity contribution in [2.24, 2.45) is 0 Å². The predicted octanol–water partition coefficient (Wildman–Crippen LogP) is 2.27. The van der Waals surface area contributed by atoms with E-state index in [2.05, 4.69) is 36.8 Å². The Balaban J connectivity index is 0.000000659. The SMILES string of the molecule is Cc1n[nH]c(C)c1CCCn1ccnc1-c1cccc2ncnn12.O=CO. The van der Waals surface area contributed by atoms with E-state index in [-0.39, 0.29) is 6.47 Å². The van der Waals surface area contributed by atoms with Gasteiger partial charge in [0.2, 0.25) is 0 Å². The molecule has 0 saturated heterocycles. The van der Waals surface area contributed by atoms with Crippen molar-refractivity contribution in [2.75, 3.05) is 0 Å². The molecule has 0 saturated carbocycles. The lowest BCUT2D eigenvalue weighted by Gasteiger charge is -2.09. The van der Waals surface area contributed by atoms with Crippen molar-refractivity contribution in [3.05, 3.63) is 53.9 Å². The molecule has 4 rings (SSSR count). The molecule has 0 bridgehead atoms. The number of aromatic nitrogens is 7. The maximum absolute atomic E-state index is 8.36. The van der Waals surface area contributed by atoms with Gasteiger partial charge in [0.15, 0.2) is 11.5 Å². The average molecular weight is 367 g/mol. The molecule has 0 atom stereocenters. The maximum atomic E-state index is 8.36. The van der Waals surface area contributed by atoms with Gasteiger partial charge >= 0.3 is 0 Å². The number of hydrogen-bond donors (Lipinski definition) is 2. The molecule has 2 N–H and O–H groups in total. The number of nitrogens with one attached hydrogen (secondary N) is 1. The first-order valence-corrected chi connectivity index (χ1v) is 8.54. The second kappa shape index (κ2) is 8.26. The van der Waals surface area contributed by atoms with E-state index in [1.54, 1.807) is 6.33 Å². The first kappa shape index (κ1) is 18.3. The highest BCUT2D eigenvalue weighted by atomic mass is 16.3. The second-order valence-corrected chi connectivity index (χ2v) is 6.01. The molecule has 0 aliphatic heterocycles. The number of fused-ring (bicyclic) bond motifs is 1. The van der Waals surface area contributed by atoms with E-state index in [1.165, 1.54) is 5.56 Å². The molecular weight excluding hydrogens is 346 g/mol. The number of aromatic amines is 1. The van der Waals surface area contributed by atoms with Crippen LogP contribution in [-0.2, 0) is 17.8 Å². The fraction of sp³-hybridized carbons (Fsp3) is 0.278. The van der Waals surface area contributed by atoms with Crippen molar-refractivity contribution < 1.29 is 9.90 Å². The summed E-state index contributed by atoms with van der Waals surface area (Å²) in [5.74, 6) is 0.909. The number of nitrogens with zero attached hydrogens (tertiary/aromatic N) is 6. The molecule has 9 nitrogen and oxygen atoms in total. The van der Waals surface area contributed by atoms with E-state index in [0.717, 1.165) is 47.9 Å². The molecular formula is C18H21N7O2. The van der Waals surface area contributed by atoms with Crippen LogP contribution in [0.5, 0.6) is 0 Å². The zero-order valence-electron chi connectivity index (χ0n) is 15.2. The predicted molar refractivity (Wildman–Crippen MR) is 99.3 cm³/mol. The molecule has 4 heterocycles. The third kappa shape index (κ3) is 3.86. The van der Waals surface area contributed by atoms with Gasteiger partial charge in [0.25, 0.3) is 6.47 Å². The van der Waals surface area contributed by atoms with Crippen LogP contribution in [0.2, 0.25) is 0 Å². The minimum absolute atomic E-state index is 0.250. The standard InChI is InChI=1S/C17H19N7.CH2O2/c1-12-14(13(2)22-21-12)5-4-9-23-10-8-18-17(23)15-6-3-7-16-19-11-20-24(15)16;2-1-3/h3,6-8,10-11H,4-5,9H2,1-2H3,(H,21,22);1H,(H,2,3). The lowest BCUT2D eigenvalue weighted by atomic mass is 10.1. The van der Waals surface area contributed by atoms with E-state index >= 15 is 0 Å².